The Morgan fingerprint density at radius 2 is 1.81 bits per heavy atom. The molecule has 1 heterocycles. The fraction of sp³-hybridized carbons (Fsp3) is 0.571. The summed E-state index contributed by atoms with van der Waals surface area (Å²) in [7, 11) is 0. The van der Waals surface area contributed by atoms with Crippen LogP contribution in [0.15, 0.2) is 24.3 Å². The predicted octanol–water partition coefficient (Wildman–Crippen LogP) is 2.80. The smallest absolute Gasteiger partial charge is 0.491 e. The van der Waals surface area contributed by atoms with Crippen LogP contribution >= 0.6 is 0 Å². The number of benzene rings is 1. The summed E-state index contributed by atoms with van der Waals surface area (Å²) in [4.78, 5) is 34.7. The number of esters is 3. The highest BCUT2D eigenvalue weighted by atomic mass is 19.4. The molecule has 178 valence electrons. The Balaban J connectivity index is 1.72. The van der Waals surface area contributed by atoms with Gasteiger partial charge in [-0.25, -0.2) is 4.79 Å². The van der Waals surface area contributed by atoms with Crippen molar-refractivity contribution in [3.63, 3.8) is 0 Å². The monoisotopic (exact) mass is 461 g/mol. The first-order valence-corrected chi connectivity index (χ1v) is 10.2. The number of halogens is 3. The molecule has 8 nitrogen and oxygen atoms in total. The zero-order valence-electron chi connectivity index (χ0n) is 17.7. The van der Waals surface area contributed by atoms with Gasteiger partial charge in [0.05, 0.1) is 32.3 Å². The molecule has 1 aliphatic rings. The third-order valence-electron chi connectivity index (χ3n) is 4.59. The molecule has 0 spiro atoms. The zero-order valence-corrected chi connectivity index (χ0v) is 17.7. The van der Waals surface area contributed by atoms with Crippen LogP contribution in [0.1, 0.15) is 37.9 Å². The van der Waals surface area contributed by atoms with E-state index in [2.05, 4.69) is 4.74 Å². The number of rotatable bonds is 10. The van der Waals surface area contributed by atoms with Crippen molar-refractivity contribution < 1.29 is 46.5 Å². The van der Waals surface area contributed by atoms with Crippen LogP contribution in [0.5, 0.6) is 5.75 Å². The Labute approximate surface area is 183 Å². The van der Waals surface area contributed by atoms with Crippen LogP contribution < -0.4 is 4.74 Å². The van der Waals surface area contributed by atoms with E-state index < -0.39 is 18.1 Å². The lowest BCUT2D eigenvalue weighted by Crippen LogP contribution is -2.39. The number of hydrogen-bond acceptors (Lipinski definition) is 8. The molecule has 0 radical (unpaired) electrons. The molecule has 1 unspecified atom stereocenters. The van der Waals surface area contributed by atoms with Crippen molar-refractivity contribution >= 4 is 17.9 Å². The third-order valence-corrected chi connectivity index (χ3v) is 4.59. The highest BCUT2D eigenvalue weighted by molar-refractivity contribution is 5.88. The minimum atomic E-state index is -5.19. The SMILES string of the molecule is CC(=O)OCCCCOc1ccc(C2CN(CCC(=O)OC(=O)C(F)(F)F)CCO2)cc1. The highest BCUT2D eigenvalue weighted by Crippen LogP contribution is 2.25. The highest BCUT2D eigenvalue weighted by Gasteiger charge is 2.42. The molecule has 1 aromatic rings. The number of carbonyl (C=O) groups excluding carboxylic acids is 3. The van der Waals surface area contributed by atoms with Crippen molar-refractivity contribution in [2.24, 2.45) is 0 Å². The number of alkyl halides is 3. The van der Waals surface area contributed by atoms with Gasteiger partial charge in [0.2, 0.25) is 0 Å². The van der Waals surface area contributed by atoms with Crippen molar-refractivity contribution in [2.45, 2.75) is 38.5 Å². The predicted molar refractivity (Wildman–Crippen MR) is 105 cm³/mol. The normalized spacial score (nSPS) is 16.9. The molecule has 0 N–H and O–H groups in total. The summed E-state index contributed by atoms with van der Waals surface area (Å²) in [5.74, 6) is -3.34. The minimum Gasteiger partial charge on any atom is -0.494 e. The van der Waals surface area contributed by atoms with Gasteiger partial charge in [-0.2, -0.15) is 13.2 Å². The van der Waals surface area contributed by atoms with E-state index in [1.807, 2.05) is 29.2 Å². The largest absolute Gasteiger partial charge is 0.494 e. The lowest BCUT2D eigenvalue weighted by Gasteiger charge is -2.33. The van der Waals surface area contributed by atoms with Crippen LogP contribution in [0.2, 0.25) is 0 Å². The third kappa shape index (κ3) is 9.23. The Kier molecular flexibility index (Phi) is 9.92. The molecular formula is C21H26F3NO7. The molecule has 0 aromatic heterocycles. The second-order valence-electron chi connectivity index (χ2n) is 7.13. The summed E-state index contributed by atoms with van der Waals surface area (Å²) in [5, 5.41) is 0. The van der Waals surface area contributed by atoms with Gasteiger partial charge in [0.15, 0.2) is 0 Å². The quantitative estimate of drug-likeness (QED) is 0.299. The van der Waals surface area contributed by atoms with Crippen molar-refractivity contribution in [3.05, 3.63) is 29.8 Å². The summed E-state index contributed by atoms with van der Waals surface area (Å²) in [6.45, 7) is 3.70. The van der Waals surface area contributed by atoms with Gasteiger partial charge in [0.1, 0.15) is 5.75 Å². The molecular weight excluding hydrogens is 435 g/mol. The van der Waals surface area contributed by atoms with Crippen molar-refractivity contribution in [3.8, 4) is 5.75 Å². The van der Waals surface area contributed by atoms with Crippen LogP contribution in [-0.2, 0) is 28.6 Å². The van der Waals surface area contributed by atoms with Gasteiger partial charge in [0.25, 0.3) is 0 Å². The van der Waals surface area contributed by atoms with Gasteiger partial charge in [-0.1, -0.05) is 12.1 Å². The van der Waals surface area contributed by atoms with Crippen molar-refractivity contribution in [1.82, 2.24) is 4.90 Å². The van der Waals surface area contributed by atoms with E-state index >= 15 is 0 Å². The second kappa shape index (κ2) is 12.4. The summed E-state index contributed by atoms with van der Waals surface area (Å²) in [5.41, 5.74) is 0.895. The Morgan fingerprint density at radius 3 is 2.47 bits per heavy atom. The minimum absolute atomic E-state index is 0.151. The number of morpholine rings is 1. The summed E-state index contributed by atoms with van der Waals surface area (Å²) in [6.07, 6.45) is -4.35. The summed E-state index contributed by atoms with van der Waals surface area (Å²) in [6, 6.07) is 7.34. The van der Waals surface area contributed by atoms with Crippen molar-refractivity contribution in [2.75, 3.05) is 39.5 Å². The van der Waals surface area contributed by atoms with Crippen LogP contribution in [0, 0.1) is 0 Å². The maximum atomic E-state index is 12.1. The average Bonchev–Trinajstić information content (AvgIpc) is 2.74. The van der Waals surface area contributed by atoms with E-state index in [4.69, 9.17) is 14.2 Å². The molecule has 1 atom stereocenters. The summed E-state index contributed by atoms with van der Waals surface area (Å²) < 4.78 is 56.5. The summed E-state index contributed by atoms with van der Waals surface area (Å²) >= 11 is 0. The van der Waals surface area contributed by atoms with Crippen LogP contribution in [0.25, 0.3) is 0 Å². The molecule has 0 bridgehead atoms. The number of nitrogens with zero attached hydrogens (tertiary/aromatic N) is 1. The Bertz CT molecular complexity index is 768. The Morgan fingerprint density at radius 1 is 1.12 bits per heavy atom. The molecule has 0 amide bonds. The standard InChI is InChI=1S/C21H26F3NO7/c1-15(26)29-11-2-3-12-30-17-6-4-16(5-7-17)18-14-25(10-13-31-18)9-8-19(27)32-20(28)21(22,23)24/h4-7,18H,2-3,8-14H2,1H3. The van der Waals surface area contributed by atoms with Gasteiger partial charge in [-0.3, -0.25) is 14.5 Å². The first-order valence-electron chi connectivity index (χ1n) is 10.2. The Hall–Kier alpha value is -2.66. The fourth-order valence-electron chi connectivity index (χ4n) is 2.96. The van der Waals surface area contributed by atoms with Gasteiger partial charge in [0, 0.05) is 26.6 Å². The van der Waals surface area contributed by atoms with E-state index in [-0.39, 0.29) is 25.0 Å². The molecule has 1 aromatic carbocycles. The zero-order chi connectivity index (χ0) is 23.6. The lowest BCUT2D eigenvalue weighted by molar-refractivity contribution is -0.202. The second-order valence-corrected chi connectivity index (χ2v) is 7.13. The van der Waals surface area contributed by atoms with Crippen molar-refractivity contribution in [1.29, 1.82) is 0 Å². The molecule has 1 saturated heterocycles. The number of carbonyl (C=O) groups is 3. The van der Waals surface area contributed by atoms with Gasteiger partial charge >= 0.3 is 24.1 Å². The van der Waals surface area contributed by atoms with E-state index in [0.717, 1.165) is 12.0 Å². The number of hydrogen-bond donors (Lipinski definition) is 0. The van der Waals surface area contributed by atoms with Gasteiger partial charge < -0.3 is 18.9 Å². The average molecular weight is 461 g/mol. The number of unbranched alkanes of at least 4 members (excludes halogenated alkanes) is 1. The maximum absolute atomic E-state index is 12.1. The molecule has 1 fully saturated rings. The van der Waals surface area contributed by atoms with E-state index in [1.54, 1.807) is 0 Å². The van der Waals surface area contributed by atoms with Gasteiger partial charge in [-0.15, -0.1) is 0 Å². The molecule has 1 aliphatic heterocycles. The van der Waals surface area contributed by atoms with Crippen LogP contribution in [-0.4, -0.2) is 68.4 Å². The lowest BCUT2D eigenvalue weighted by atomic mass is 10.1. The maximum Gasteiger partial charge on any atom is 0.491 e. The topological polar surface area (TPSA) is 91.4 Å². The van der Waals surface area contributed by atoms with Crippen LogP contribution in [0.3, 0.4) is 0 Å². The van der Waals surface area contributed by atoms with Crippen LogP contribution in [0.4, 0.5) is 13.2 Å². The molecule has 0 saturated carbocycles. The fourth-order valence-corrected chi connectivity index (χ4v) is 2.96. The first-order chi connectivity index (χ1) is 15.1. The molecule has 0 aliphatic carbocycles. The number of ether oxygens (including phenoxy) is 4. The van der Waals surface area contributed by atoms with E-state index in [9.17, 15) is 27.6 Å². The molecule has 2 rings (SSSR count). The molecule has 11 heteroatoms. The molecule has 32 heavy (non-hydrogen) atoms. The van der Waals surface area contributed by atoms with E-state index in [1.165, 1.54) is 6.92 Å². The van der Waals surface area contributed by atoms with Gasteiger partial charge in [-0.05, 0) is 30.5 Å². The van der Waals surface area contributed by atoms with E-state index in [0.29, 0.717) is 45.1 Å². The first kappa shape index (κ1) is 25.6.